The van der Waals surface area contributed by atoms with Crippen LogP contribution in [0.15, 0.2) is 72.0 Å². The van der Waals surface area contributed by atoms with Crippen LogP contribution in [0.4, 0.5) is 11.4 Å². The standard InChI is InChI=1S/C27H31ClN4O3Si/c1-18-14-31(17-29-18)24-11-8-21(13-26(24)35-2)30-23-12-20(28)15-32(27(23)34)25(16-33)19-6-9-22(10-7-19)36(3,4)5/h6-15,17,25,30,33H,16H2,1-5H3/t25-/m0/s1. The number of benzene rings is 2. The average molecular weight is 523 g/mol. The number of pyridine rings is 1. The Morgan fingerprint density at radius 2 is 1.83 bits per heavy atom. The van der Waals surface area contributed by atoms with Crippen LogP contribution in [0.5, 0.6) is 5.75 Å². The van der Waals surface area contributed by atoms with Crippen LogP contribution in [0, 0.1) is 6.92 Å². The number of hydrogen-bond donors (Lipinski definition) is 2. The van der Waals surface area contributed by atoms with Gasteiger partial charge in [0, 0.05) is 24.1 Å². The Balaban J connectivity index is 1.68. The minimum atomic E-state index is -1.46. The summed E-state index contributed by atoms with van der Waals surface area (Å²) in [6, 6.07) is 14.7. The maximum Gasteiger partial charge on any atom is 0.274 e. The zero-order valence-corrected chi connectivity index (χ0v) is 22.9. The molecule has 0 fully saturated rings. The summed E-state index contributed by atoms with van der Waals surface area (Å²) in [5.41, 5.74) is 3.24. The molecule has 2 aromatic heterocycles. The van der Waals surface area contributed by atoms with Crippen LogP contribution >= 0.6 is 11.6 Å². The number of methoxy groups -OCH3 is 1. The van der Waals surface area contributed by atoms with Crippen molar-refractivity contribution in [3.05, 3.63) is 93.9 Å². The van der Waals surface area contributed by atoms with E-state index in [2.05, 4.69) is 42.1 Å². The van der Waals surface area contributed by atoms with Crippen LogP contribution in [0.1, 0.15) is 17.3 Å². The Hall–Kier alpha value is -3.33. The van der Waals surface area contributed by atoms with Gasteiger partial charge in [-0.1, -0.05) is 60.7 Å². The molecule has 1 atom stereocenters. The first-order valence-corrected chi connectivity index (χ1v) is 15.6. The van der Waals surface area contributed by atoms with Crippen molar-refractivity contribution in [2.24, 2.45) is 0 Å². The van der Waals surface area contributed by atoms with Gasteiger partial charge in [0.15, 0.2) is 0 Å². The molecule has 4 aromatic rings. The van der Waals surface area contributed by atoms with Crippen molar-refractivity contribution in [2.45, 2.75) is 32.6 Å². The molecule has 0 bridgehead atoms. The summed E-state index contributed by atoms with van der Waals surface area (Å²) in [7, 11) is 0.133. The third-order valence-corrected chi connectivity index (χ3v) is 8.40. The second-order valence-electron chi connectivity index (χ2n) is 9.79. The number of halogens is 1. The number of ether oxygens (including phenoxy) is 1. The number of aryl methyl sites for hydroxylation is 1. The maximum absolute atomic E-state index is 13.5. The first kappa shape index (κ1) is 25.8. The first-order valence-electron chi connectivity index (χ1n) is 11.7. The molecule has 0 aliphatic rings. The van der Waals surface area contributed by atoms with Crippen LogP contribution in [-0.2, 0) is 0 Å². The van der Waals surface area contributed by atoms with E-state index in [1.54, 1.807) is 25.7 Å². The topological polar surface area (TPSA) is 81.3 Å². The molecule has 0 saturated heterocycles. The van der Waals surface area contributed by atoms with Gasteiger partial charge in [0.1, 0.15) is 11.4 Å². The molecule has 2 N–H and O–H groups in total. The molecule has 0 saturated carbocycles. The fourth-order valence-corrected chi connectivity index (χ4v) is 5.51. The van der Waals surface area contributed by atoms with Gasteiger partial charge in [0.05, 0.1) is 50.6 Å². The van der Waals surface area contributed by atoms with Crippen molar-refractivity contribution in [1.29, 1.82) is 0 Å². The molecule has 0 unspecified atom stereocenters. The quantitative estimate of drug-likeness (QED) is 0.322. The summed E-state index contributed by atoms with van der Waals surface area (Å²) in [4.78, 5) is 17.7. The van der Waals surface area contributed by atoms with E-state index < -0.39 is 14.1 Å². The van der Waals surface area contributed by atoms with Gasteiger partial charge in [-0.3, -0.25) is 4.79 Å². The molecule has 188 valence electrons. The number of rotatable bonds is 8. The molecule has 0 aliphatic heterocycles. The van der Waals surface area contributed by atoms with Crippen molar-refractivity contribution < 1.29 is 9.84 Å². The highest BCUT2D eigenvalue weighted by atomic mass is 35.5. The summed E-state index contributed by atoms with van der Waals surface area (Å²) in [6.45, 7) is 8.52. The lowest BCUT2D eigenvalue weighted by Crippen LogP contribution is -2.37. The van der Waals surface area contributed by atoms with Crippen LogP contribution in [-0.4, -0.2) is 41.0 Å². The van der Waals surface area contributed by atoms with Gasteiger partial charge in [-0.15, -0.1) is 0 Å². The van der Waals surface area contributed by atoms with Crippen LogP contribution < -0.4 is 20.8 Å². The molecule has 2 heterocycles. The van der Waals surface area contributed by atoms with E-state index in [0.29, 0.717) is 22.1 Å². The minimum Gasteiger partial charge on any atom is -0.494 e. The SMILES string of the molecule is COc1cc(Nc2cc(Cl)cn([C@@H](CO)c3ccc([Si](C)(C)C)cc3)c2=O)ccc1-n1cnc(C)c1. The van der Waals surface area contributed by atoms with Crippen molar-refractivity contribution >= 4 is 36.2 Å². The minimum absolute atomic E-state index is 0.237. The number of aliphatic hydroxyl groups is 1. The zero-order chi connectivity index (χ0) is 26.0. The van der Waals surface area contributed by atoms with Crippen LogP contribution in [0.3, 0.4) is 0 Å². The van der Waals surface area contributed by atoms with Gasteiger partial charge < -0.3 is 24.3 Å². The van der Waals surface area contributed by atoms with E-state index in [9.17, 15) is 9.90 Å². The van der Waals surface area contributed by atoms with E-state index in [4.69, 9.17) is 16.3 Å². The Kier molecular flexibility index (Phi) is 7.40. The van der Waals surface area contributed by atoms with Gasteiger partial charge >= 0.3 is 0 Å². The fraction of sp³-hybridized carbons (Fsp3) is 0.259. The predicted molar refractivity (Wildman–Crippen MR) is 148 cm³/mol. The Morgan fingerprint density at radius 3 is 2.42 bits per heavy atom. The van der Waals surface area contributed by atoms with E-state index in [1.165, 1.54) is 9.75 Å². The van der Waals surface area contributed by atoms with E-state index >= 15 is 0 Å². The number of hydrogen-bond acceptors (Lipinski definition) is 5. The Labute approximate surface area is 217 Å². The molecule has 9 heteroatoms. The molecule has 36 heavy (non-hydrogen) atoms. The number of aliphatic hydroxyl groups excluding tert-OH is 1. The second kappa shape index (κ2) is 10.3. The highest BCUT2D eigenvalue weighted by Crippen LogP contribution is 2.29. The van der Waals surface area contributed by atoms with Gasteiger partial charge in [-0.2, -0.15) is 0 Å². The molecular formula is C27H31ClN4O3Si. The highest BCUT2D eigenvalue weighted by Gasteiger charge is 2.20. The molecule has 0 aliphatic carbocycles. The normalized spacial score (nSPS) is 12.4. The van der Waals surface area contributed by atoms with E-state index in [0.717, 1.165) is 16.9 Å². The monoisotopic (exact) mass is 522 g/mol. The molecule has 4 rings (SSSR count). The molecule has 2 aromatic carbocycles. The van der Waals surface area contributed by atoms with Gasteiger partial charge in [-0.05, 0) is 30.7 Å². The smallest absolute Gasteiger partial charge is 0.274 e. The summed E-state index contributed by atoms with van der Waals surface area (Å²) < 4.78 is 8.94. The number of nitrogens with one attached hydrogen (secondary N) is 1. The summed E-state index contributed by atoms with van der Waals surface area (Å²) in [5.74, 6) is 0.621. The van der Waals surface area contributed by atoms with Crippen LogP contribution in [0.25, 0.3) is 5.69 Å². The lowest BCUT2D eigenvalue weighted by molar-refractivity contribution is 0.247. The summed E-state index contributed by atoms with van der Waals surface area (Å²) in [5, 5.41) is 15.1. The zero-order valence-electron chi connectivity index (χ0n) is 21.1. The molecule has 7 nitrogen and oxygen atoms in total. The predicted octanol–water partition coefficient (Wildman–Crippen LogP) is 4.87. The summed E-state index contributed by atoms with van der Waals surface area (Å²) in [6.07, 6.45) is 5.19. The largest absolute Gasteiger partial charge is 0.494 e. The Bertz CT molecular complexity index is 1420. The lowest BCUT2D eigenvalue weighted by Gasteiger charge is -2.22. The van der Waals surface area contributed by atoms with Crippen molar-refractivity contribution in [1.82, 2.24) is 14.1 Å². The second-order valence-corrected chi connectivity index (χ2v) is 15.3. The molecule has 0 amide bonds. The van der Waals surface area contributed by atoms with E-state index in [-0.39, 0.29) is 12.2 Å². The van der Waals surface area contributed by atoms with Crippen LogP contribution in [0.2, 0.25) is 24.7 Å². The molecule has 0 spiro atoms. The molecule has 0 radical (unpaired) electrons. The van der Waals surface area contributed by atoms with Gasteiger partial charge in [0.25, 0.3) is 5.56 Å². The van der Waals surface area contributed by atoms with E-state index in [1.807, 2.05) is 48.0 Å². The fourth-order valence-electron chi connectivity index (χ4n) is 4.12. The van der Waals surface area contributed by atoms with Gasteiger partial charge in [0.2, 0.25) is 0 Å². The number of aromatic nitrogens is 3. The lowest BCUT2D eigenvalue weighted by atomic mass is 10.1. The van der Waals surface area contributed by atoms with Crippen molar-refractivity contribution in [2.75, 3.05) is 19.0 Å². The van der Waals surface area contributed by atoms with Gasteiger partial charge in [-0.25, -0.2) is 4.98 Å². The Morgan fingerprint density at radius 1 is 1.11 bits per heavy atom. The number of nitrogens with zero attached hydrogens (tertiary/aromatic N) is 3. The number of imidazole rings is 1. The third kappa shape index (κ3) is 5.40. The number of anilines is 2. The third-order valence-electron chi connectivity index (χ3n) is 6.13. The van der Waals surface area contributed by atoms with Crippen molar-refractivity contribution in [3.63, 3.8) is 0 Å². The highest BCUT2D eigenvalue weighted by molar-refractivity contribution is 6.88. The average Bonchev–Trinajstić information content (AvgIpc) is 3.28. The molecular weight excluding hydrogens is 492 g/mol. The summed E-state index contributed by atoms with van der Waals surface area (Å²) >= 11 is 6.42. The van der Waals surface area contributed by atoms with Crippen molar-refractivity contribution in [3.8, 4) is 11.4 Å². The first-order chi connectivity index (χ1) is 17.1. The maximum atomic E-state index is 13.5.